The van der Waals surface area contributed by atoms with Gasteiger partial charge in [-0.1, -0.05) is 70.4 Å². The molecule has 0 aromatic heterocycles. The lowest BCUT2D eigenvalue weighted by atomic mass is 10.1. The molecule has 1 fully saturated rings. The number of aliphatic hydroxyl groups excluding tert-OH is 1. The second kappa shape index (κ2) is 14.6. The van der Waals surface area contributed by atoms with Gasteiger partial charge in [0, 0.05) is 0 Å². The molecule has 1 heterocycles. The van der Waals surface area contributed by atoms with Gasteiger partial charge in [-0.3, -0.25) is 0 Å². The Kier molecular flexibility index (Phi) is 13.3. The molecule has 1 aliphatic rings. The average Bonchev–Trinajstić information content (AvgIpc) is 2.95. The number of ether oxygens (including phenoxy) is 3. The van der Waals surface area contributed by atoms with Gasteiger partial charge in [0.2, 0.25) is 0 Å². The van der Waals surface area contributed by atoms with E-state index in [9.17, 15) is 5.11 Å². The highest BCUT2D eigenvalue weighted by Gasteiger charge is 2.32. The van der Waals surface area contributed by atoms with Crippen LogP contribution in [-0.2, 0) is 14.2 Å². The molecule has 26 heavy (non-hydrogen) atoms. The molecule has 4 heteroatoms. The molecule has 154 valence electrons. The van der Waals surface area contributed by atoms with Crippen molar-refractivity contribution in [2.45, 2.75) is 109 Å². The monoisotopic (exact) mass is 370 g/mol. The lowest BCUT2D eigenvalue weighted by Gasteiger charge is -2.17. The Balaban J connectivity index is 1.85. The van der Waals surface area contributed by atoms with Gasteiger partial charge in [-0.25, -0.2) is 0 Å². The van der Waals surface area contributed by atoms with E-state index in [0.717, 1.165) is 6.42 Å². The Morgan fingerprint density at radius 1 is 1.04 bits per heavy atom. The van der Waals surface area contributed by atoms with Crippen molar-refractivity contribution >= 4 is 0 Å². The quantitative estimate of drug-likeness (QED) is 0.293. The lowest BCUT2D eigenvalue weighted by Crippen LogP contribution is -2.25. The van der Waals surface area contributed by atoms with E-state index >= 15 is 0 Å². The molecule has 0 bridgehead atoms. The molecule has 0 aliphatic carbocycles. The molecule has 1 N–H and O–H groups in total. The maximum absolute atomic E-state index is 9.94. The zero-order chi connectivity index (χ0) is 19.1. The molecule has 4 nitrogen and oxygen atoms in total. The number of unbranched alkanes of at least 4 members (excludes halogenated alkanes) is 9. The molecule has 1 saturated heterocycles. The summed E-state index contributed by atoms with van der Waals surface area (Å²) in [5.74, 6) is -0.509. The molecule has 0 aromatic rings. The van der Waals surface area contributed by atoms with Gasteiger partial charge >= 0.3 is 0 Å². The highest BCUT2D eigenvalue weighted by Crippen LogP contribution is 2.22. The summed E-state index contributed by atoms with van der Waals surface area (Å²) in [6.45, 7) is 7.45. The SMILES string of the molecule is CCCCCCCCCCC/C=C\C[C@H](O)COC[C@@H]1COC(C)(C)O1. The van der Waals surface area contributed by atoms with Crippen LogP contribution in [0.2, 0.25) is 0 Å². The number of allylic oxidation sites excluding steroid dienone is 1. The molecule has 2 atom stereocenters. The first kappa shape index (κ1) is 23.6. The molecule has 1 rings (SSSR count). The zero-order valence-corrected chi connectivity index (χ0v) is 17.4. The molecule has 0 spiro atoms. The van der Waals surface area contributed by atoms with Gasteiger partial charge in [0.05, 0.1) is 25.9 Å². The highest BCUT2D eigenvalue weighted by atomic mass is 16.7. The van der Waals surface area contributed by atoms with Crippen molar-refractivity contribution in [1.29, 1.82) is 0 Å². The number of hydrogen-bond donors (Lipinski definition) is 1. The third-order valence-corrected chi connectivity index (χ3v) is 4.73. The van der Waals surface area contributed by atoms with Crippen LogP contribution in [0.1, 0.15) is 91.4 Å². The fourth-order valence-corrected chi connectivity index (χ4v) is 3.19. The van der Waals surface area contributed by atoms with Gasteiger partial charge in [0.25, 0.3) is 0 Å². The van der Waals surface area contributed by atoms with E-state index in [1.807, 2.05) is 13.8 Å². The Labute approximate surface area is 161 Å². The van der Waals surface area contributed by atoms with Crippen LogP contribution in [0.4, 0.5) is 0 Å². The summed E-state index contributed by atoms with van der Waals surface area (Å²) < 4.78 is 16.7. The fraction of sp³-hybridized carbons (Fsp3) is 0.909. The Morgan fingerprint density at radius 3 is 2.31 bits per heavy atom. The van der Waals surface area contributed by atoms with Crippen molar-refractivity contribution < 1.29 is 19.3 Å². The standard InChI is InChI=1S/C22H42O4/c1-4-5-6-7-8-9-10-11-12-13-14-15-16-20(23)17-24-18-21-19-25-22(2,3)26-21/h14-15,20-21,23H,4-13,16-19H2,1-3H3/b15-14-/t20-,21+/m0/s1. The first-order valence-electron chi connectivity index (χ1n) is 10.8. The van der Waals surface area contributed by atoms with E-state index in [2.05, 4.69) is 19.1 Å². The Hall–Kier alpha value is -0.420. The van der Waals surface area contributed by atoms with Crippen molar-refractivity contribution in [3.05, 3.63) is 12.2 Å². The van der Waals surface area contributed by atoms with E-state index in [1.165, 1.54) is 57.8 Å². The largest absolute Gasteiger partial charge is 0.390 e. The molecule has 0 amide bonds. The normalized spacial score (nSPS) is 20.8. The van der Waals surface area contributed by atoms with Crippen molar-refractivity contribution in [2.75, 3.05) is 19.8 Å². The number of rotatable bonds is 16. The maximum Gasteiger partial charge on any atom is 0.163 e. The van der Waals surface area contributed by atoms with E-state index in [-0.39, 0.29) is 6.10 Å². The van der Waals surface area contributed by atoms with Crippen LogP contribution in [-0.4, -0.2) is 42.9 Å². The second-order valence-corrected chi connectivity index (χ2v) is 7.97. The fourth-order valence-electron chi connectivity index (χ4n) is 3.19. The van der Waals surface area contributed by atoms with E-state index in [4.69, 9.17) is 14.2 Å². The summed E-state index contributed by atoms with van der Waals surface area (Å²) in [4.78, 5) is 0. The summed E-state index contributed by atoms with van der Waals surface area (Å²) in [5, 5.41) is 9.94. The molecule has 0 unspecified atom stereocenters. The minimum absolute atomic E-state index is 0.0283. The number of aliphatic hydroxyl groups is 1. The summed E-state index contributed by atoms with van der Waals surface area (Å²) in [5.41, 5.74) is 0. The zero-order valence-electron chi connectivity index (χ0n) is 17.4. The van der Waals surface area contributed by atoms with Crippen molar-refractivity contribution in [2.24, 2.45) is 0 Å². The highest BCUT2D eigenvalue weighted by molar-refractivity contribution is 4.84. The van der Waals surface area contributed by atoms with Crippen LogP contribution in [0.25, 0.3) is 0 Å². The van der Waals surface area contributed by atoms with Gasteiger partial charge < -0.3 is 19.3 Å². The average molecular weight is 371 g/mol. The topological polar surface area (TPSA) is 47.9 Å². The first-order chi connectivity index (χ1) is 12.5. The second-order valence-electron chi connectivity index (χ2n) is 7.97. The molecular formula is C22H42O4. The van der Waals surface area contributed by atoms with Gasteiger partial charge in [0.1, 0.15) is 6.10 Å². The molecule has 0 radical (unpaired) electrons. The molecule has 0 saturated carbocycles. The van der Waals surface area contributed by atoms with Gasteiger partial charge in [-0.15, -0.1) is 0 Å². The van der Waals surface area contributed by atoms with Gasteiger partial charge in [0.15, 0.2) is 5.79 Å². The summed E-state index contributed by atoms with van der Waals surface area (Å²) >= 11 is 0. The van der Waals surface area contributed by atoms with Gasteiger partial charge in [-0.05, 0) is 33.1 Å². The van der Waals surface area contributed by atoms with Crippen molar-refractivity contribution in [3.8, 4) is 0 Å². The molecule has 0 aromatic carbocycles. The third kappa shape index (κ3) is 12.9. The van der Waals surface area contributed by atoms with E-state index in [1.54, 1.807) is 0 Å². The lowest BCUT2D eigenvalue weighted by molar-refractivity contribution is -0.146. The predicted molar refractivity (Wildman–Crippen MR) is 107 cm³/mol. The van der Waals surface area contributed by atoms with E-state index in [0.29, 0.717) is 26.2 Å². The minimum Gasteiger partial charge on any atom is -0.390 e. The number of hydrogen-bond acceptors (Lipinski definition) is 4. The summed E-state index contributed by atoms with van der Waals surface area (Å²) in [6.07, 6.45) is 17.8. The van der Waals surface area contributed by atoms with Crippen LogP contribution in [0, 0.1) is 0 Å². The first-order valence-corrected chi connectivity index (χ1v) is 10.8. The minimum atomic E-state index is -0.509. The van der Waals surface area contributed by atoms with Crippen LogP contribution < -0.4 is 0 Å². The van der Waals surface area contributed by atoms with Crippen LogP contribution in [0.5, 0.6) is 0 Å². The van der Waals surface area contributed by atoms with Crippen molar-refractivity contribution in [3.63, 3.8) is 0 Å². The van der Waals surface area contributed by atoms with Crippen LogP contribution >= 0.6 is 0 Å². The Morgan fingerprint density at radius 2 is 1.69 bits per heavy atom. The Bertz CT molecular complexity index is 354. The summed E-state index contributed by atoms with van der Waals surface area (Å²) in [6, 6.07) is 0. The van der Waals surface area contributed by atoms with E-state index < -0.39 is 11.9 Å². The predicted octanol–water partition coefficient (Wildman–Crippen LogP) is 5.38. The van der Waals surface area contributed by atoms with Crippen molar-refractivity contribution in [1.82, 2.24) is 0 Å². The van der Waals surface area contributed by atoms with Crippen LogP contribution in [0.3, 0.4) is 0 Å². The summed E-state index contributed by atoms with van der Waals surface area (Å²) in [7, 11) is 0. The molecular weight excluding hydrogens is 328 g/mol. The third-order valence-electron chi connectivity index (χ3n) is 4.73. The van der Waals surface area contributed by atoms with Crippen LogP contribution in [0.15, 0.2) is 12.2 Å². The molecule has 1 aliphatic heterocycles. The maximum atomic E-state index is 9.94. The smallest absolute Gasteiger partial charge is 0.163 e. The van der Waals surface area contributed by atoms with Gasteiger partial charge in [-0.2, -0.15) is 0 Å².